The summed E-state index contributed by atoms with van der Waals surface area (Å²) in [5.41, 5.74) is 1.94. The molecule has 4 heteroatoms. The zero-order chi connectivity index (χ0) is 13.0. The summed E-state index contributed by atoms with van der Waals surface area (Å²) >= 11 is 3.43. The van der Waals surface area contributed by atoms with E-state index in [2.05, 4.69) is 20.9 Å². The summed E-state index contributed by atoms with van der Waals surface area (Å²) in [4.78, 5) is 4.30. The summed E-state index contributed by atoms with van der Waals surface area (Å²) in [6.45, 7) is 2.44. The molecule has 2 rings (SSSR count). The van der Waals surface area contributed by atoms with E-state index in [4.69, 9.17) is 9.47 Å². The Labute approximate surface area is 115 Å². The normalized spacial score (nSPS) is 10.2. The van der Waals surface area contributed by atoms with Crippen LogP contribution in [0, 0.1) is 6.92 Å². The van der Waals surface area contributed by atoms with E-state index in [-0.39, 0.29) is 0 Å². The van der Waals surface area contributed by atoms with Crippen LogP contribution in [0.3, 0.4) is 0 Å². The van der Waals surface area contributed by atoms with Crippen LogP contribution in [0.4, 0.5) is 0 Å². The third kappa shape index (κ3) is 3.23. The van der Waals surface area contributed by atoms with Gasteiger partial charge in [0.05, 0.1) is 12.8 Å². The van der Waals surface area contributed by atoms with E-state index in [9.17, 15) is 0 Å². The van der Waals surface area contributed by atoms with Gasteiger partial charge in [0.1, 0.15) is 12.4 Å². The molecular weight excluding hydrogens is 294 g/mol. The molecule has 0 fully saturated rings. The molecular formula is C14H14BrNO2. The van der Waals surface area contributed by atoms with Crippen LogP contribution in [0.15, 0.2) is 40.9 Å². The largest absolute Gasteiger partial charge is 0.487 e. The number of halogens is 1. The van der Waals surface area contributed by atoms with Crippen molar-refractivity contribution in [2.75, 3.05) is 7.11 Å². The molecule has 0 aliphatic rings. The van der Waals surface area contributed by atoms with Gasteiger partial charge >= 0.3 is 0 Å². The first-order chi connectivity index (χ1) is 8.69. The van der Waals surface area contributed by atoms with Crippen LogP contribution in [0.2, 0.25) is 0 Å². The molecule has 0 radical (unpaired) electrons. The smallest absolute Gasteiger partial charge is 0.213 e. The molecule has 1 aromatic carbocycles. The van der Waals surface area contributed by atoms with Gasteiger partial charge in [0, 0.05) is 10.5 Å². The fourth-order valence-corrected chi connectivity index (χ4v) is 1.87. The Bertz CT molecular complexity index is 543. The highest BCUT2D eigenvalue weighted by atomic mass is 79.9. The molecule has 0 unspecified atom stereocenters. The molecule has 18 heavy (non-hydrogen) atoms. The first-order valence-corrected chi connectivity index (χ1v) is 6.37. The van der Waals surface area contributed by atoms with Crippen molar-refractivity contribution in [3.8, 4) is 11.6 Å². The van der Waals surface area contributed by atoms with Crippen molar-refractivity contribution in [2.45, 2.75) is 13.5 Å². The number of hydrogen-bond donors (Lipinski definition) is 0. The second kappa shape index (κ2) is 5.87. The lowest BCUT2D eigenvalue weighted by Crippen LogP contribution is -2.00. The average molecular weight is 308 g/mol. The maximum atomic E-state index is 5.76. The fraction of sp³-hybridized carbons (Fsp3) is 0.214. The molecule has 94 valence electrons. The molecule has 0 N–H and O–H groups in total. The molecule has 1 aromatic heterocycles. The van der Waals surface area contributed by atoms with E-state index in [0.717, 1.165) is 21.5 Å². The minimum absolute atomic E-state index is 0.425. The van der Waals surface area contributed by atoms with Crippen molar-refractivity contribution < 1.29 is 9.47 Å². The van der Waals surface area contributed by atoms with E-state index < -0.39 is 0 Å². The van der Waals surface area contributed by atoms with Crippen LogP contribution < -0.4 is 9.47 Å². The first kappa shape index (κ1) is 12.9. The maximum Gasteiger partial charge on any atom is 0.213 e. The van der Waals surface area contributed by atoms with Crippen LogP contribution in [-0.4, -0.2) is 12.1 Å². The van der Waals surface area contributed by atoms with E-state index >= 15 is 0 Å². The van der Waals surface area contributed by atoms with Gasteiger partial charge in [-0.2, -0.15) is 0 Å². The predicted octanol–water partition coefficient (Wildman–Crippen LogP) is 3.74. The zero-order valence-electron chi connectivity index (χ0n) is 10.3. The highest BCUT2D eigenvalue weighted by Gasteiger charge is 2.03. The van der Waals surface area contributed by atoms with Gasteiger partial charge in [-0.1, -0.05) is 28.1 Å². The summed E-state index contributed by atoms with van der Waals surface area (Å²) in [5, 5.41) is 0. The van der Waals surface area contributed by atoms with E-state index in [1.807, 2.05) is 43.3 Å². The van der Waals surface area contributed by atoms with E-state index in [0.29, 0.717) is 12.5 Å². The van der Waals surface area contributed by atoms with Gasteiger partial charge < -0.3 is 9.47 Å². The number of aryl methyl sites for hydroxylation is 1. The Kier molecular flexibility index (Phi) is 4.20. The molecule has 0 bridgehead atoms. The number of pyridine rings is 1. The maximum absolute atomic E-state index is 5.76. The van der Waals surface area contributed by atoms with Crippen LogP contribution in [-0.2, 0) is 6.61 Å². The first-order valence-electron chi connectivity index (χ1n) is 5.58. The summed E-state index contributed by atoms with van der Waals surface area (Å²) < 4.78 is 11.8. The van der Waals surface area contributed by atoms with Crippen LogP contribution in [0.25, 0.3) is 0 Å². The third-order valence-corrected chi connectivity index (χ3v) is 3.01. The molecule has 0 saturated carbocycles. The van der Waals surface area contributed by atoms with Crippen molar-refractivity contribution in [3.05, 3.63) is 52.1 Å². The summed E-state index contributed by atoms with van der Waals surface area (Å²) in [5.74, 6) is 1.45. The van der Waals surface area contributed by atoms with Gasteiger partial charge in [-0.3, -0.25) is 0 Å². The van der Waals surface area contributed by atoms with Crippen LogP contribution in [0.5, 0.6) is 11.6 Å². The van der Waals surface area contributed by atoms with Crippen LogP contribution in [0.1, 0.15) is 11.3 Å². The summed E-state index contributed by atoms with van der Waals surface area (Å²) in [6.07, 6.45) is 0. The molecule has 0 aliphatic carbocycles. The number of aromatic nitrogens is 1. The van der Waals surface area contributed by atoms with Crippen molar-refractivity contribution in [1.29, 1.82) is 0 Å². The van der Waals surface area contributed by atoms with Crippen molar-refractivity contribution >= 4 is 15.9 Å². The average Bonchev–Trinajstić information content (AvgIpc) is 2.40. The number of benzene rings is 1. The lowest BCUT2D eigenvalue weighted by molar-refractivity contribution is 0.296. The molecule has 0 aliphatic heterocycles. The molecule has 0 saturated heterocycles. The summed E-state index contributed by atoms with van der Waals surface area (Å²) in [6, 6.07) is 11.6. The molecule has 0 atom stereocenters. The highest BCUT2D eigenvalue weighted by molar-refractivity contribution is 9.10. The minimum Gasteiger partial charge on any atom is -0.487 e. The fourth-order valence-electron chi connectivity index (χ4n) is 1.53. The van der Waals surface area contributed by atoms with Gasteiger partial charge in [0.2, 0.25) is 5.88 Å². The quantitative estimate of drug-likeness (QED) is 0.862. The molecule has 1 heterocycles. The topological polar surface area (TPSA) is 31.4 Å². The highest BCUT2D eigenvalue weighted by Crippen LogP contribution is 2.23. The lowest BCUT2D eigenvalue weighted by Gasteiger charge is -2.09. The standard InChI is InChI=1S/C14H14BrNO2/c1-10-6-7-11(15)8-13(10)18-9-12-4-3-5-14(16-12)17-2/h3-8H,9H2,1-2H3. The van der Waals surface area contributed by atoms with Crippen molar-refractivity contribution in [2.24, 2.45) is 0 Å². The summed E-state index contributed by atoms with van der Waals surface area (Å²) in [7, 11) is 1.60. The van der Waals surface area contributed by atoms with E-state index in [1.165, 1.54) is 0 Å². The Morgan fingerprint density at radius 2 is 2.06 bits per heavy atom. The Morgan fingerprint density at radius 1 is 1.22 bits per heavy atom. The molecule has 0 amide bonds. The number of nitrogens with zero attached hydrogens (tertiary/aromatic N) is 1. The van der Waals surface area contributed by atoms with Gasteiger partial charge in [-0.15, -0.1) is 0 Å². The van der Waals surface area contributed by atoms with Crippen molar-refractivity contribution in [3.63, 3.8) is 0 Å². The Hall–Kier alpha value is -1.55. The third-order valence-electron chi connectivity index (χ3n) is 2.52. The van der Waals surface area contributed by atoms with Gasteiger partial charge in [-0.25, -0.2) is 4.98 Å². The molecule has 3 nitrogen and oxygen atoms in total. The number of rotatable bonds is 4. The monoisotopic (exact) mass is 307 g/mol. The predicted molar refractivity (Wildman–Crippen MR) is 74.0 cm³/mol. The molecule has 2 aromatic rings. The van der Waals surface area contributed by atoms with Gasteiger partial charge in [0.25, 0.3) is 0 Å². The van der Waals surface area contributed by atoms with Crippen molar-refractivity contribution in [1.82, 2.24) is 4.98 Å². The zero-order valence-corrected chi connectivity index (χ0v) is 11.9. The van der Waals surface area contributed by atoms with Crippen LogP contribution >= 0.6 is 15.9 Å². The van der Waals surface area contributed by atoms with Gasteiger partial charge in [0.15, 0.2) is 0 Å². The Balaban J connectivity index is 2.08. The molecule has 0 spiro atoms. The number of methoxy groups -OCH3 is 1. The Morgan fingerprint density at radius 3 is 2.83 bits per heavy atom. The minimum atomic E-state index is 0.425. The second-order valence-electron chi connectivity index (χ2n) is 3.87. The second-order valence-corrected chi connectivity index (χ2v) is 4.79. The lowest BCUT2D eigenvalue weighted by atomic mass is 10.2. The van der Waals surface area contributed by atoms with Gasteiger partial charge in [-0.05, 0) is 30.7 Å². The number of hydrogen-bond acceptors (Lipinski definition) is 3. The van der Waals surface area contributed by atoms with E-state index in [1.54, 1.807) is 7.11 Å². The number of ether oxygens (including phenoxy) is 2. The SMILES string of the molecule is COc1cccc(COc2cc(Br)ccc2C)n1.